The molecule has 0 spiro atoms. The Morgan fingerprint density at radius 3 is 2.47 bits per heavy atom. The third-order valence-corrected chi connectivity index (χ3v) is 2.20. The normalized spacial score (nSPS) is 11.9. The van der Waals surface area contributed by atoms with Gasteiger partial charge in [-0.05, 0) is 12.1 Å². The number of benzene rings is 1. The third-order valence-electron chi connectivity index (χ3n) is 1.75. The summed E-state index contributed by atoms with van der Waals surface area (Å²) in [6.07, 6.45) is 1.58. The van der Waals surface area contributed by atoms with E-state index in [0.29, 0.717) is 17.2 Å². The standard InChI is InChI=1S/C10H14O4S/c1-12-8-4-5-9(10(6-8)13-2)14-7-15(3)11/h4-6H,7H2,1-3H3. The molecule has 0 saturated heterocycles. The minimum absolute atomic E-state index is 0.155. The van der Waals surface area contributed by atoms with Gasteiger partial charge in [0.05, 0.1) is 25.0 Å². The first-order chi connectivity index (χ1) is 7.17. The number of rotatable bonds is 5. The zero-order valence-electron chi connectivity index (χ0n) is 8.98. The van der Waals surface area contributed by atoms with Crippen molar-refractivity contribution in [2.75, 3.05) is 26.4 Å². The molecule has 0 aliphatic rings. The molecule has 0 N–H and O–H groups in total. The SMILES string of the molecule is COc1ccc(OCS(C)=O)c(OC)c1. The van der Waals surface area contributed by atoms with Gasteiger partial charge in [0.2, 0.25) is 0 Å². The van der Waals surface area contributed by atoms with E-state index in [1.54, 1.807) is 38.7 Å². The van der Waals surface area contributed by atoms with Crippen LogP contribution in [0, 0.1) is 0 Å². The highest BCUT2D eigenvalue weighted by Gasteiger charge is 2.06. The second kappa shape index (κ2) is 5.60. The summed E-state index contributed by atoms with van der Waals surface area (Å²) in [7, 11) is 2.13. The summed E-state index contributed by atoms with van der Waals surface area (Å²) in [5.41, 5.74) is 0. The van der Waals surface area contributed by atoms with E-state index in [4.69, 9.17) is 14.2 Å². The van der Waals surface area contributed by atoms with Gasteiger partial charge in [-0.15, -0.1) is 0 Å². The molecule has 15 heavy (non-hydrogen) atoms. The Balaban J connectivity index is 2.82. The highest BCUT2D eigenvalue weighted by atomic mass is 32.2. The molecule has 0 heterocycles. The van der Waals surface area contributed by atoms with Gasteiger partial charge in [0.15, 0.2) is 17.4 Å². The maximum Gasteiger partial charge on any atom is 0.164 e. The zero-order valence-corrected chi connectivity index (χ0v) is 9.80. The van der Waals surface area contributed by atoms with E-state index in [2.05, 4.69) is 0 Å². The summed E-state index contributed by atoms with van der Waals surface area (Å²) in [6.45, 7) is 0. The van der Waals surface area contributed by atoms with E-state index in [1.165, 1.54) is 0 Å². The molecule has 0 aliphatic carbocycles. The van der Waals surface area contributed by atoms with E-state index < -0.39 is 10.8 Å². The molecule has 1 aromatic carbocycles. The first kappa shape index (κ1) is 11.8. The average molecular weight is 230 g/mol. The van der Waals surface area contributed by atoms with Crippen molar-refractivity contribution < 1.29 is 18.4 Å². The summed E-state index contributed by atoms with van der Waals surface area (Å²) >= 11 is 0. The van der Waals surface area contributed by atoms with Crippen LogP contribution >= 0.6 is 0 Å². The quantitative estimate of drug-likeness (QED) is 0.767. The van der Waals surface area contributed by atoms with Gasteiger partial charge >= 0.3 is 0 Å². The fourth-order valence-corrected chi connectivity index (χ4v) is 1.33. The van der Waals surface area contributed by atoms with Crippen LogP contribution in [0.4, 0.5) is 0 Å². The largest absolute Gasteiger partial charge is 0.497 e. The third kappa shape index (κ3) is 3.43. The molecule has 1 rings (SSSR count). The second-order valence-corrected chi connectivity index (χ2v) is 4.23. The van der Waals surface area contributed by atoms with E-state index in [0.717, 1.165) is 0 Å². The van der Waals surface area contributed by atoms with Gasteiger partial charge in [0.25, 0.3) is 0 Å². The average Bonchev–Trinajstić information content (AvgIpc) is 2.25. The molecule has 0 aromatic heterocycles. The molecular weight excluding hydrogens is 216 g/mol. The van der Waals surface area contributed by atoms with Crippen LogP contribution in [0.15, 0.2) is 18.2 Å². The van der Waals surface area contributed by atoms with Gasteiger partial charge in [-0.2, -0.15) is 0 Å². The molecule has 4 nitrogen and oxygen atoms in total. The first-order valence-corrected chi connectivity index (χ1v) is 6.05. The van der Waals surface area contributed by atoms with Crippen LogP contribution in [0.3, 0.4) is 0 Å². The van der Waals surface area contributed by atoms with Crippen LogP contribution in [-0.4, -0.2) is 30.6 Å². The number of methoxy groups -OCH3 is 2. The lowest BCUT2D eigenvalue weighted by atomic mass is 10.3. The van der Waals surface area contributed by atoms with Crippen molar-refractivity contribution >= 4 is 10.8 Å². The van der Waals surface area contributed by atoms with Crippen molar-refractivity contribution in [1.29, 1.82) is 0 Å². The van der Waals surface area contributed by atoms with Crippen molar-refractivity contribution in [3.8, 4) is 17.2 Å². The Morgan fingerprint density at radius 2 is 1.93 bits per heavy atom. The Morgan fingerprint density at radius 1 is 1.20 bits per heavy atom. The van der Waals surface area contributed by atoms with Crippen LogP contribution in [0.25, 0.3) is 0 Å². The van der Waals surface area contributed by atoms with Crippen LogP contribution in [0.5, 0.6) is 17.2 Å². The van der Waals surface area contributed by atoms with Gasteiger partial charge in [-0.3, -0.25) is 4.21 Å². The van der Waals surface area contributed by atoms with Gasteiger partial charge in [-0.1, -0.05) is 0 Å². The molecular formula is C10H14O4S. The molecule has 0 fully saturated rings. The minimum atomic E-state index is -0.992. The predicted octanol–water partition coefficient (Wildman–Crippen LogP) is 1.42. The summed E-state index contributed by atoms with van der Waals surface area (Å²) in [6, 6.07) is 5.20. The van der Waals surface area contributed by atoms with Gasteiger partial charge < -0.3 is 14.2 Å². The summed E-state index contributed by atoms with van der Waals surface area (Å²) in [5.74, 6) is 1.98. The Labute approximate surface area is 91.6 Å². The monoisotopic (exact) mass is 230 g/mol. The predicted molar refractivity (Wildman–Crippen MR) is 59.1 cm³/mol. The molecule has 5 heteroatoms. The summed E-state index contributed by atoms with van der Waals surface area (Å²) in [5, 5.41) is 0. The highest BCUT2D eigenvalue weighted by molar-refractivity contribution is 7.84. The van der Waals surface area contributed by atoms with E-state index in [1.807, 2.05) is 0 Å². The van der Waals surface area contributed by atoms with Gasteiger partial charge in [0.1, 0.15) is 5.75 Å². The minimum Gasteiger partial charge on any atom is -0.497 e. The van der Waals surface area contributed by atoms with Crippen LogP contribution < -0.4 is 14.2 Å². The highest BCUT2D eigenvalue weighted by Crippen LogP contribution is 2.31. The Hall–Kier alpha value is -1.23. The maximum absolute atomic E-state index is 10.9. The van der Waals surface area contributed by atoms with Crippen molar-refractivity contribution in [3.05, 3.63) is 18.2 Å². The molecule has 0 amide bonds. The van der Waals surface area contributed by atoms with Crippen LogP contribution in [0.1, 0.15) is 0 Å². The molecule has 0 bridgehead atoms. The fraction of sp³-hybridized carbons (Fsp3) is 0.400. The molecule has 1 atom stereocenters. The Kier molecular flexibility index (Phi) is 4.42. The fourth-order valence-electron chi connectivity index (χ4n) is 1.04. The molecule has 0 aliphatic heterocycles. The lowest BCUT2D eigenvalue weighted by Crippen LogP contribution is -2.04. The van der Waals surface area contributed by atoms with Crippen molar-refractivity contribution in [3.63, 3.8) is 0 Å². The number of hydrogen-bond acceptors (Lipinski definition) is 4. The van der Waals surface area contributed by atoms with Gasteiger partial charge in [0, 0.05) is 12.3 Å². The van der Waals surface area contributed by atoms with Crippen molar-refractivity contribution in [2.24, 2.45) is 0 Å². The molecule has 84 valence electrons. The van der Waals surface area contributed by atoms with Crippen molar-refractivity contribution in [2.45, 2.75) is 0 Å². The second-order valence-electron chi connectivity index (χ2n) is 2.85. The smallest absolute Gasteiger partial charge is 0.164 e. The molecule has 1 aromatic rings. The lowest BCUT2D eigenvalue weighted by Gasteiger charge is -2.10. The summed E-state index contributed by atoms with van der Waals surface area (Å²) in [4.78, 5) is 0. The van der Waals surface area contributed by atoms with Gasteiger partial charge in [-0.25, -0.2) is 0 Å². The van der Waals surface area contributed by atoms with E-state index in [9.17, 15) is 4.21 Å². The Bertz CT molecular complexity index is 351. The molecule has 1 unspecified atom stereocenters. The number of hydrogen-bond donors (Lipinski definition) is 0. The van der Waals surface area contributed by atoms with Crippen LogP contribution in [0.2, 0.25) is 0 Å². The van der Waals surface area contributed by atoms with E-state index in [-0.39, 0.29) is 5.94 Å². The first-order valence-electron chi connectivity index (χ1n) is 4.32. The maximum atomic E-state index is 10.9. The lowest BCUT2D eigenvalue weighted by molar-refractivity contribution is 0.337. The number of ether oxygens (including phenoxy) is 3. The van der Waals surface area contributed by atoms with E-state index >= 15 is 0 Å². The topological polar surface area (TPSA) is 44.8 Å². The van der Waals surface area contributed by atoms with Crippen molar-refractivity contribution in [1.82, 2.24) is 0 Å². The molecule has 0 saturated carbocycles. The summed E-state index contributed by atoms with van der Waals surface area (Å²) < 4.78 is 26.3. The molecule has 0 radical (unpaired) electrons. The zero-order chi connectivity index (χ0) is 11.3. The van der Waals surface area contributed by atoms with Crippen LogP contribution in [-0.2, 0) is 10.8 Å².